The Balaban J connectivity index is 1.48. The molecule has 0 aliphatic heterocycles. The molecule has 5 nitrogen and oxygen atoms in total. The molecule has 0 atom stereocenters. The Hall–Kier alpha value is -2.60. The molecule has 0 saturated heterocycles. The molecule has 1 N–H and O–H groups in total. The van der Waals surface area contributed by atoms with Gasteiger partial charge in [-0.3, -0.25) is 10.1 Å². The second-order valence-corrected chi connectivity index (χ2v) is 7.27. The van der Waals surface area contributed by atoms with E-state index in [0.29, 0.717) is 12.3 Å². The third kappa shape index (κ3) is 5.20. The van der Waals surface area contributed by atoms with Gasteiger partial charge in [0.25, 0.3) is 0 Å². The molecule has 3 aromatic rings. The van der Waals surface area contributed by atoms with Crippen LogP contribution in [0, 0.1) is 13.8 Å². The Morgan fingerprint density at radius 2 is 1.81 bits per heavy atom. The Kier molecular flexibility index (Phi) is 6.07. The summed E-state index contributed by atoms with van der Waals surface area (Å²) < 4.78 is 5.57. The van der Waals surface area contributed by atoms with Crippen molar-refractivity contribution in [3.05, 3.63) is 59.7 Å². The summed E-state index contributed by atoms with van der Waals surface area (Å²) in [5.41, 5.74) is 3.11. The molecule has 1 aromatic heterocycles. The minimum Gasteiger partial charge on any atom is -0.403 e. The van der Waals surface area contributed by atoms with E-state index in [2.05, 4.69) is 33.7 Å². The van der Waals surface area contributed by atoms with Crippen LogP contribution in [-0.4, -0.2) is 21.9 Å². The van der Waals surface area contributed by atoms with Gasteiger partial charge < -0.3 is 4.42 Å². The Morgan fingerprint density at radius 1 is 1.08 bits per heavy atom. The van der Waals surface area contributed by atoms with Crippen LogP contribution in [0.1, 0.15) is 24.0 Å². The summed E-state index contributed by atoms with van der Waals surface area (Å²) in [4.78, 5) is 13.2. The maximum atomic E-state index is 12.0. The maximum Gasteiger partial charge on any atom is 0.322 e. The highest BCUT2D eigenvalue weighted by Gasteiger charge is 2.12. The van der Waals surface area contributed by atoms with Crippen molar-refractivity contribution < 1.29 is 9.21 Å². The molecular formula is C20H21N3O2S. The lowest BCUT2D eigenvalue weighted by Gasteiger charge is -2.02. The van der Waals surface area contributed by atoms with Gasteiger partial charge in [0.2, 0.25) is 11.8 Å². The van der Waals surface area contributed by atoms with Crippen LogP contribution in [0.2, 0.25) is 0 Å². The van der Waals surface area contributed by atoms with Crippen LogP contribution < -0.4 is 5.32 Å². The lowest BCUT2D eigenvalue weighted by Crippen LogP contribution is -2.11. The zero-order valence-electron chi connectivity index (χ0n) is 14.9. The first kappa shape index (κ1) is 18.2. The highest BCUT2D eigenvalue weighted by Crippen LogP contribution is 2.23. The first-order valence-electron chi connectivity index (χ1n) is 8.50. The van der Waals surface area contributed by atoms with Gasteiger partial charge in [0.1, 0.15) is 0 Å². The van der Waals surface area contributed by atoms with E-state index in [4.69, 9.17) is 4.42 Å². The minimum atomic E-state index is -0.116. The lowest BCUT2D eigenvalue weighted by molar-refractivity contribution is -0.116. The number of rotatable bonds is 7. The summed E-state index contributed by atoms with van der Waals surface area (Å²) >= 11 is 1.74. The number of aryl methyl sites for hydroxylation is 2. The van der Waals surface area contributed by atoms with Crippen molar-refractivity contribution >= 4 is 23.7 Å². The molecule has 1 heterocycles. The van der Waals surface area contributed by atoms with Crippen LogP contribution in [0.25, 0.3) is 11.5 Å². The van der Waals surface area contributed by atoms with Crippen molar-refractivity contribution in [2.45, 2.75) is 31.6 Å². The molecule has 0 aliphatic rings. The third-order valence-electron chi connectivity index (χ3n) is 3.70. The number of carbonyl (C=O) groups is 1. The van der Waals surface area contributed by atoms with E-state index in [9.17, 15) is 4.79 Å². The molecule has 0 spiro atoms. The fraction of sp³-hybridized carbons (Fsp3) is 0.250. The predicted octanol–water partition coefficient (Wildman–Crippen LogP) is 4.86. The van der Waals surface area contributed by atoms with Gasteiger partial charge in [-0.1, -0.05) is 40.5 Å². The highest BCUT2D eigenvalue weighted by molar-refractivity contribution is 7.99. The Bertz CT molecular complexity index is 858. The number of carbonyl (C=O) groups excluding carboxylic acids is 1. The number of nitrogens with one attached hydrogen (secondary N) is 1. The fourth-order valence-electron chi connectivity index (χ4n) is 2.61. The first-order valence-corrected chi connectivity index (χ1v) is 9.48. The summed E-state index contributed by atoms with van der Waals surface area (Å²) in [7, 11) is 0. The van der Waals surface area contributed by atoms with E-state index in [-0.39, 0.29) is 11.9 Å². The fourth-order valence-corrected chi connectivity index (χ4v) is 3.48. The van der Waals surface area contributed by atoms with Crippen LogP contribution in [-0.2, 0) is 4.79 Å². The van der Waals surface area contributed by atoms with Gasteiger partial charge in [-0.05, 0) is 50.3 Å². The molecular weight excluding hydrogens is 346 g/mol. The number of thioether (sulfide) groups is 1. The van der Waals surface area contributed by atoms with Crippen molar-refractivity contribution in [3.8, 4) is 11.5 Å². The number of amides is 1. The topological polar surface area (TPSA) is 68.0 Å². The Morgan fingerprint density at radius 3 is 2.54 bits per heavy atom. The monoisotopic (exact) mass is 367 g/mol. The van der Waals surface area contributed by atoms with Crippen molar-refractivity contribution in [1.82, 2.24) is 10.2 Å². The number of nitrogens with zero attached hydrogens (tertiary/aromatic N) is 2. The largest absolute Gasteiger partial charge is 0.403 e. The third-order valence-corrected chi connectivity index (χ3v) is 4.80. The number of anilines is 1. The van der Waals surface area contributed by atoms with Crippen molar-refractivity contribution in [3.63, 3.8) is 0 Å². The van der Waals surface area contributed by atoms with E-state index in [0.717, 1.165) is 28.9 Å². The van der Waals surface area contributed by atoms with E-state index < -0.39 is 0 Å². The summed E-state index contributed by atoms with van der Waals surface area (Å²) in [5.74, 6) is 1.18. The normalized spacial score (nSPS) is 10.7. The predicted molar refractivity (Wildman–Crippen MR) is 104 cm³/mol. The number of benzene rings is 2. The van der Waals surface area contributed by atoms with Crippen LogP contribution in [0.4, 0.5) is 6.01 Å². The van der Waals surface area contributed by atoms with Gasteiger partial charge in [0.05, 0.1) is 0 Å². The van der Waals surface area contributed by atoms with Crippen LogP contribution in [0.15, 0.2) is 57.8 Å². The molecule has 0 unspecified atom stereocenters. The van der Waals surface area contributed by atoms with Crippen molar-refractivity contribution in [2.75, 3.05) is 11.1 Å². The van der Waals surface area contributed by atoms with Crippen molar-refractivity contribution in [2.24, 2.45) is 0 Å². The SMILES string of the molecule is Cc1cc(C)cc(-c2nnc(NC(=O)CCCSc3ccccc3)o2)c1. The van der Waals surface area contributed by atoms with E-state index in [1.807, 2.05) is 44.2 Å². The quantitative estimate of drug-likeness (QED) is 0.477. The molecule has 6 heteroatoms. The summed E-state index contributed by atoms with van der Waals surface area (Å²) in [5, 5.41) is 10.6. The molecule has 0 fully saturated rings. The number of hydrogen-bond donors (Lipinski definition) is 1. The highest BCUT2D eigenvalue weighted by atomic mass is 32.2. The first-order chi connectivity index (χ1) is 12.6. The molecule has 134 valence electrons. The lowest BCUT2D eigenvalue weighted by atomic mass is 10.1. The van der Waals surface area contributed by atoms with Crippen molar-refractivity contribution in [1.29, 1.82) is 0 Å². The zero-order valence-corrected chi connectivity index (χ0v) is 15.7. The molecule has 0 saturated carbocycles. The smallest absolute Gasteiger partial charge is 0.322 e. The molecule has 1 amide bonds. The summed E-state index contributed by atoms with van der Waals surface area (Å²) in [6.07, 6.45) is 1.20. The molecule has 0 aliphatic carbocycles. The van der Waals surface area contributed by atoms with Gasteiger partial charge in [0.15, 0.2) is 0 Å². The molecule has 0 radical (unpaired) electrons. The summed E-state index contributed by atoms with van der Waals surface area (Å²) in [6.45, 7) is 4.03. The molecule has 0 bridgehead atoms. The van der Waals surface area contributed by atoms with Gasteiger partial charge in [0, 0.05) is 16.9 Å². The molecule has 26 heavy (non-hydrogen) atoms. The maximum absolute atomic E-state index is 12.0. The standard InChI is InChI=1S/C20H21N3O2S/c1-14-11-15(2)13-16(12-14)19-22-23-20(25-19)21-18(24)9-6-10-26-17-7-4-3-5-8-17/h3-5,7-8,11-13H,6,9-10H2,1-2H3,(H,21,23,24). The van der Waals surface area contributed by atoms with Gasteiger partial charge >= 0.3 is 6.01 Å². The van der Waals surface area contributed by atoms with Gasteiger partial charge in [-0.25, -0.2) is 0 Å². The number of aromatic nitrogens is 2. The second kappa shape index (κ2) is 8.67. The average molecular weight is 367 g/mol. The zero-order chi connectivity index (χ0) is 18.4. The van der Waals surface area contributed by atoms with E-state index >= 15 is 0 Å². The minimum absolute atomic E-state index is 0.116. The Labute approximate surface area is 157 Å². The van der Waals surface area contributed by atoms with Crippen LogP contribution in [0.5, 0.6) is 0 Å². The van der Waals surface area contributed by atoms with Gasteiger partial charge in [-0.2, -0.15) is 0 Å². The van der Waals surface area contributed by atoms with Crippen LogP contribution >= 0.6 is 11.8 Å². The molecule has 2 aromatic carbocycles. The number of hydrogen-bond acceptors (Lipinski definition) is 5. The van der Waals surface area contributed by atoms with Gasteiger partial charge in [-0.15, -0.1) is 16.9 Å². The molecule has 3 rings (SSSR count). The van der Waals surface area contributed by atoms with Crippen LogP contribution in [0.3, 0.4) is 0 Å². The second-order valence-electron chi connectivity index (χ2n) is 6.10. The van der Waals surface area contributed by atoms with E-state index in [1.54, 1.807) is 11.8 Å². The average Bonchev–Trinajstić information content (AvgIpc) is 3.07. The van der Waals surface area contributed by atoms with E-state index in [1.165, 1.54) is 4.90 Å². The summed E-state index contributed by atoms with van der Waals surface area (Å²) in [6, 6.07) is 16.3.